The Morgan fingerprint density at radius 3 is 2.63 bits per heavy atom. The van der Waals surface area contributed by atoms with Gasteiger partial charge in [-0.3, -0.25) is 0 Å². The molecule has 2 N–H and O–H groups in total. The minimum absolute atomic E-state index is 0.0455. The maximum Gasteiger partial charge on any atom is 0.335 e. The molecule has 3 nitrogen and oxygen atoms in total. The number of fused-ring (bicyclic) bond motifs is 3. The fourth-order valence-corrected chi connectivity index (χ4v) is 5.70. The SMILES string of the molecule is CC[C@@]12CC[C@@](O)(c3ccccc3)C[C@@H]1CCCc1cc(C(=O)O)ccc12. The van der Waals surface area contributed by atoms with Crippen LogP contribution in [0.4, 0.5) is 0 Å². The Labute approximate surface area is 161 Å². The quantitative estimate of drug-likeness (QED) is 0.800. The van der Waals surface area contributed by atoms with E-state index in [9.17, 15) is 15.0 Å². The zero-order valence-corrected chi connectivity index (χ0v) is 15.9. The molecule has 0 spiro atoms. The number of carboxylic acids is 1. The van der Waals surface area contributed by atoms with Crippen molar-refractivity contribution >= 4 is 5.97 Å². The normalized spacial score (nSPS) is 30.1. The van der Waals surface area contributed by atoms with E-state index in [2.05, 4.69) is 13.0 Å². The number of benzene rings is 2. The molecule has 1 saturated carbocycles. The first-order valence-corrected chi connectivity index (χ1v) is 10.1. The first-order chi connectivity index (χ1) is 13.0. The molecule has 4 rings (SSSR count). The second-order valence-electron chi connectivity index (χ2n) is 8.38. The van der Waals surface area contributed by atoms with Crippen LogP contribution in [0.25, 0.3) is 0 Å². The number of hydrogen-bond acceptors (Lipinski definition) is 2. The Kier molecular flexibility index (Phi) is 4.59. The average Bonchev–Trinajstić information content (AvgIpc) is 2.84. The Morgan fingerprint density at radius 2 is 1.93 bits per heavy atom. The van der Waals surface area contributed by atoms with Crippen molar-refractivity contribution < 1.29 is 15.0 Å². The lowest BCUT2D eigenvalue weighted by atomic mass is 9.56. The summed E-state index contributed by atoms with van der Waals surface area (Å²) in [6.45, 7) is 2.25. The molecule has 3 atom stereocenters. The van der Waals surface area contributed by atoms with Gasteiger partial charge in [-0.2, -0.15) is 0 Å². The number of aliphatic hydroxyl groups is 1. The van der Waals surface area contributed by atoms with Crippen LogP contribution in [0.2, 0.25) is 0 Å². The largest absolute Gasteiger partial charge is 0.478 e. The molecule has 3 heteroatoms. The maximum absolute atomic E-state index is 11.5. The molecule has 0 bridgehead atoms. The lowest BCUT2D eigenvalue weighted by Gasteiger charge is -2.50. The Hall–Kier alpha value is -2.13. The van der Waals surface area contributed by atoms with Crippen LogP contribution in [0.3, 0.4) is 0 Å². The molecule has 27 heavy (non-hydrogen) atoms. The molecule has 0 unspecified atom stereocenters. The van der Waals surface area contributed by atoms with Gasteiger partial charge in [0.25, 0.3) is 0 Å². The smallest absolute Gasteiger partial charge is 0.335 e. The summed E-state index contributed by atoms with van der Waals surface area (Å²) in [4.78, 5) is 11.4. The lowest BCUT2D eigenvalue weighted by Crippen LogP contribution is -2.46. The molecule has 1 fully saturated rings. The van der Waals surface area contributed by atoms with Gasteiger partial charge in [0.2, 0.25) is 0 Å². The number of hydrogen-bond donors (Lipinski definition) is 2. The number of aromatic carboxylic acids is 1. The Bertz CT molecular complexity index is 844. The molecule has 0 heterocycles. The molecule has 2 aliphatic rings. The molecule has 2 aromatic rings. The van der Waals surface area contributed by atoms with Gasteiger partial charge in [-0.05, 0) is 85.1 Å². The van der Waals surface area contributed by atoms with Gasteiger partial charge < -0.3 is 10.2 Å². The van der Waals surface area contributed by atoms with Crippen molar-refractivity contribution in [3.05, 3.63) is 70.8 Å². The van der Waals surface area contributed by atoms with E-state index >= 15 is 0 Å². The van der Waals surface area contributed by atoms with E-state index < -0.39 is 11.6 Å². The number of carboxylic acid groups (broad SMARTS) is 1. The average molecular weight is 364 g/mol. The summed E-state index contributed by atoms with van der Waals surface area (Å²) in [6.07, 6.45) is 6.57. The van der Waals surface area contributed by atoms with Crippen molar-refractivity contribution in [3.8, 4) is 0 Å². The van der Waals surface area contributed by atoms with E-state index in [0.29, 0.717) is 11.5 Å². The summed E-state index contributed by atoms with van der Waals surface area (Å²) in [6, 6.07) is 15.8. The van der Waals surface area contributed by atoms with Gasteiger partial charge >= 0.3 is 5.97 Å². The minimum Gasteiger partial charge on any atom is -0.478 e. The second-order valence-corrected chi connectivity index (χ2v) is 8.38. The molecular formula is C24H28O3. The number of rotatable bonds is 3. The van der Waals surface area contributed by atoms with Crippen LogP contribution < -0.4 is 0 Å². The molecule has 0 aliphatic heterocycles. The summed E-state index contributed by atoms with van der Waals surface area (Å²) >= 11 is 0. The summed E-state index contributed by atoms with van der Waals surface area (Å²) in [5.41, 5.74) is 3.23. The molecular weight excluding hydrogens is 336 g/mol. The van der Waals surface area contributed by atoms with E-state index in [1.807, 2.05) is 36.4 Å². The Balaban J connectivity index is 1.74. The number of aryl methyl sites for hydroxylation is 1. The van der Waals surface area contributed by atoms with Gasteiger partial charge in [0, 0.05) is 0 Å². The van der Waals surface area contributed by atoms with E-state index in [1.54, 1.807) is 6.07 Å². The molecule has 0 radical (unpaired) electrons. The number of carbonyl (C=O) groups is 1. The molecule has 142 valence electrons. The van der Waals surface area contributed by atoms with Crippen LogP contribution >= 0.6 is 0 Å². The monoisotopic (exact) mass is 364 g/mol. The summed E-state index contributed by atoms with van der Waals surface area (Å²) in [5, 5.41) is 20.8. The van der Waals surface area contributed by atoms with Gasteiger partial charge in [-0.15, -0.1) is 0 Å². The van der Waals surface area contributed by atoms with E-state index in [4.69, 9.17) is 0 Å². The van der Waals surface area contributed by atoms with E-state index in [1.165, 1.54) is 11.1 Å². The van der Waals surface area contributed by atoms with E-state index in [-0.39, 0.29) is 5.41 Å². The molecule has 0 aromatic heterocycles. The van der Waals surface area contributed by atoms with Crippen molar-refractivity contribution in [1.82, 2.24) is 0 Å². The van der Waals surface area contributed by atoms with Gasteiger partial charge in [0.1, 0.15) is 0 Å². The van der Waals surface area contributed by atoms with Crippen LogP contribution in [-0.4, -0.2) is 16.2 Å². The third-order valence-corrected chi connectivity index (χ3v) is 7.18. The highest BCUT2D eigenvalue weighted by atomic mass is 16.4. The third-order valence-electron chi connectivity index (χ3n) is 7.18. The standard InChI is InChI=1S/C24H28O3/c1-2-23-13-14-24(27,19-8-4-3-5-9-19)16-20(23)10-6-7-17-15-18(22(25)26)11-12-21(17)23/h3-5,8-9,11-12,15,20,27H,2,6-7,10,13-14,16H2,1H3,(H,25,26)/t20-,23+,24-/m0/s1. The van der Waals surface area contributed by atoms with E-state index in [0.717, 1.165) is 50.5 Å². The van der Waals surface area contributed by atoms with Crippen molar-refractivity contribution in [2.24, 2.45) is 5.92 Å². The van der Waals surface area contributed by atoms with Gasteiger partial charge in [0.05, 0.1) is 11.2 Å². The molecule has 0 amide bonds. The van der Waals surface area contributed by atoms with Gasteiger partial charge in [-0.1, -0.05) is 43.3 Å². The zero-order chi connectivity index (χ0) is 19.1. The summed E-state index contributed by atoms with van der Waals surface area (Å²) in [5.74, 6) is -0.440. The maximum atomic E-state index is 11.5. The second kappa shape index (κ2) is 6.79. The minimum atomic E-state index is -0.855. The molecule has 2 aromatic carbocycles. The highest BCUT2D eigenvalue weighted by Gasteiger charge is 2.50. The summed E-state index contributed by atoms with van der Waals surface area (Å²) < 4.78 is 0. The summed E-state index contributed by atoms with van der Waals surface area (Å²) in [7, 11) is 0. The highest BCUT2D eigenvalue weighted by molar-refractivity contribution is 5.88. The van der Waals surface area contributed by atoms with Crippen molar-refractivity contribution in [2.75, 3.05) is 0 Å². The van der Waals surface area contributed by atoms with Crippen LogP contribution in [0, 0.1) is 5.92 Å². The Morgan fingerprint density at radius 1 is 1.15 bits per heavy atom. The van der Waals surface area contributed by atoms with Crippen LogP contribution in [0.1, 0.15) is 72.5 Å². The third kappa shape index (κ3) is 2.98. The topological polar surface area (TPSA) is 57.5 Å². The van der Waals surface area contributed by atoms with Gasteiger partial charge in [-0.25, -0.2) is 4.79 Å². The predicted octanol–water partition coefficient (Wildman–Crippen LogP) is 5.06. The zero-order valence-electron chi connectivity index (χ0n) is 15.9. The van der Waals surface area contributed by atoms with Crippen LogP contribution in [0.5, 0.6) is 0 Å². The highest BCUT2D eigenvalue weighted by Crippen LogP contribution is 2.55. The van der Waals surface area contributed by atoms with Crippen molar-refractivity contribution in [2.45, 2.75) is 62.9 Å². The van der Waals surface area contributed by atoms with Crippen LogP contribution in [-0.2, 0) is 17.4 Å². The predicted molar refractivity (Wildman–Crippen MR) is 106 cm³/mol. The first-order valence-electron chi connectivity index (χ1n) is 10.1. The molecule has 0 saturated heterocycles. The fraction of sp³-hybridized carbons (Fsp3) is 0.458. The first kappa shape index (κ1) is 18.2. The van der Waals surface area contributed by atoms with Crippen LogP contribution in [0.15, 0.2) is 48.5 Å². The lowest BCUT2D eigenvalue weighted by molar-refractivity contribution is -0.0533. The molecule has 2 aliphatic carbocycles. The van der Waals surface area contributed by atoms with Crippen molar-refractivity contribution in [3.63, 3.8) is 0 Å². The van der Waals surface area contributed by atoms with Gasteiger partial charge in [0.15, 0.2) is 0 Å². The van der Waals surface area contributed by atoms with Crippen molar-refractivity contribution in [1.29, 1.82) is 0 Å². The fourth-order valence-electron chi connectivity index (χ4n) is 5.70.